The van der Waals surface area contributed by atoms with Gasteiger partial charge in [-0.1, -0.05) is 0 Å². The number of rotatable bonds is 2. The number of thiophene rings is 1. The van der Waals surface area contributed by atoms with Gasteiger partial charge >= 0.3 is 0 Å². The zero-order valence-electron chi connectivity index (χ0n) is 10.5. The molecule has 0 saturated carbocycles. The lowest BCUT2D eigenvalue weighted by atomic mass is 10.1. The minimum absolute atomic E-state index is 0.0363. The standard InChI is InChI=1S/C12H17N3O2S/c1-14(2)12(17)10-7-13-4-5-15(10)11(16)9-3-6-18-8-9/h3,6,8,10,13H,4-5,7H2,1-2H3. The van der Waals surface area contributed by atoms with Crippen LogP contribution in [0, 0.1) is 0 Å². The van der Waals surface area contributed by atoms with Gasteiger partial charge in [0.25, 0.3) is 5.91 Å². The van der Waals surface area contributed by atoms with Gasteiger partial charge in [-0.25, -0.2) is 0 Å². The van der Waals surface area contributed by atoms with Crippen LogP contribution in [0.15, 0.2) is 16.8 Å². The average molecular weight is 267 g/mol. The van der Waals surface area contributed by atoms with E-state index in [4.69, 9.17) is 0 Å². The van der Waals surface area contributed by atoms with E-state index in [-0.39, 0.29) is 11.8 Å². The molecule has 1 atom stereocenters. The van der Waals surface area contributed by atoms with Gasteiger partial charge in [0.2, 0.25) is 5.91 Å². The lowest BCUT2D eigenvalue weighted by Gasteiger charge is -2.36. The van der Waals surface area contributed by atoms with Crippen molar-refractivity contribution in [3.63, 3.8) is 0 Å². The topological polar surface area (TPSA) is 52.7 Å². The predicted octanol–water partition coefficient (Wildman–Crippen LogP) is 0.250. The first-order valence-corrected chi connectivity index (χ1v) is 6.80. The number of carbonyl (C=O) groups is 2. The van der Waals surface area contributed by atoms with Gasteiger partial charge in [0.1, 0.15) is 6.04 Å². The molecule has 1 aliphatic heterocycles. The number of hydrogen-bond donors (Lipinski definition) is 1. The Morgan fingerprint density at radius 1 is 1.50 bits per heavy atom. The molecule has 0 bridgehead atoms. The quantitative estimate of drug-likeness (QED) is 0.836. The number of amides is 2. The summed E-state index contributed by atoms with van der Waals surface area (Å²) in [4.78, 5) is 27.6. The third-order valence-corrected chi connectivity index (χ3v) is 3.68. The lowest BCUT2D eigenvalue weighted by Crippen LogP contribution is -2.59. The largest absolute Gasteiger partial charge is 0.347 e. The van der Waals surface area contributed by atoms with Gasteiger partial charge in [-0.2, -0.15) is 11.3 Å². The smallest absolute Gasteiger partial charge is 0.255 e. The first kappa shape index (κ1) is 13.0. The van der Waals surface area contributed by atoms with E-state index in [2.05, 4.69) is 5.32 Å². The molecule has 1 saturated heterocycles. The molecule has 5 nitrogen and oxygen atoms in total. The van der Waals surface area contributed by atoms with E-state index in [9.17, 15) is 9.59 Å². The highest BCUT2D eigenvalue weighted by atomic mass is 32.1. The van der Waals surface area contributed by atoms with Gasteiger partial charge in [-0.15, -0.1) is 0 Å². The van der Waals surface area contributed by atoms with Crippen molar-refractivity contribution in [2.24, 2.45) is 0 Å². The summed E-state index contributed by atoms with van der Waals surface area (Å²) in [6.07, 6.45) is 0. The predicted molar refractivity (Wildman–Crippen MR) is 70.7 cm³/mol. The Bertz CT molecular complexity index is 431. The number of nitrogens with zero attached hydrogens (tertiary/aromatic N) is 2. The van der Waals surface area contributed by atoms with Gasteiger partial charge in [-0.3, -0.25) is 9.59 Å². The maximum absolute atomic E-state index is 12.3. The van der Waals surface area contributed by atoms with Crippen LogP contribution in [0.5, 0.6) is 0 Å². The minimum atomic E-state index is -0.402. The Balaban J connectivity index is 2.18. The van der Waals surface area contributed by atoms with Gasteiger partial charge < -0.3 is 15.1 Å². The Labute approximate surface area is 110 Å². The second-order valence-corrected chi connectivity index (χ2v) is 5.24. The fourth-order valence-electron chi connectivity index (χ4n) is 2.02. The number of hydrogen-bond acceptors (Lipinski definition) is 4. The first-order valence-electron chi connectivity index (χ1n) is 5.86. The summed E-state index contributed by atoms with van der Waals surface area (Å²) in [7, 11) is 3.42. The molecule has 0 aliphatic carbocycles. The molecule has 0 radical (unpaired) electrons. The Hall–Kier alpha value is -1.40. The van der Waals surface area contributed by atoms with Crippen LogP contribution in [-0.2, 0) is 4.79 Å². The molecule has 98 valence electrons. The molecule has 1 aromatic rings. The van der Waals surface area contributed by atoms with Gasteiger partial charge in [0.15, 0.2) is 0 Å². The Kier molecular flexibility index (Phi) is 3.98. The molecular formula is C12H17N3O2S. The van der Waals surface area contributed by atoms with Crippen molar-refractivity contribution in [1.82, 2.24) is 15.1 Å². The van der Waals surface area contributed by atoms with Crippen molar-refractivity contribution in [1.29, 1.82) is 0 Å². The highest BCUT2D eigenvalue weighted by Crippen LogP contribution is 2.14. The van der Waals surface area contributed by atoms with Crippen LogP contribution < -0.4 is 5.32 Å². The van der Waals surface area contributed by atoms with Crippen LogP contribution >= 0.6 is 11.3 Å². The maximum Gasteiger partial charge on any atom is 0.255 e. The molecule has 2 heterocycles. The highest BCUT2D eigenvalue weighted by molar-refractivity contribution is 7.08. The van der Waals surface area contributed by atoms with Crippen molar-refractivity contribution in [2.75, 3.05) is 33.7 Å². The minimum Gasteiger partial charge on any atom is -0.347 e. The van der Waals surface area contributed by atoms with Crippen molar-refractivity contribution in [3.8, 4) is 0 Å². The average Bonchev–Trinajstić information content (AvgIpc) is 2.90. The third-order valence-electron chi connectivity index (χ3n) is 3.00. The maximum atomic E-state index is 12.3. The highest BCUT2D eigenvalue weighted by Gasteiger charge is 2.33. The van der Waals surface area contributed by atoms with Gasteiger partial charge in [-0.05, 0) is 11.4 Å². The summed E-state index contributed by atoms with van der Waals surface area (Å²) in [5.41, 5.74) is 0.665. The summed E-state index contributed by atoms with van der Waals surface area (Å²) in [6, 6.07) is 1.40. The van der Waals surface area contributed by atoms with Crippen LogP contribution in [0.2, 0.25) is 0 Å². The summed E-state index contributed by atoms with van der Waals surface area (Å²) >= 11 is 1.49. The van der Waals surface area contributed by atoms with E-state index in [1.54, 1.807) is 25.1 Å². The molecule has 1 fully saturated rings. The summed E-state index contributed by atoms with van der Waals surface area (Å²) in [5.74, 6) is -0.0938. The number of carbonyl (C=O) groups excluding carboxylic acids is 2. The van der Waals surface area contributed by atoms with Crippen LogP contribution in [0.1, 0.15) is 10.4 Å². The third kappa shape index (κ3) is 2.54. The molecule has 0 aromatic carbocycles. The zero-order chi connectivity index (χ0) is 13.1. The monoisotopic (exact) mass is 267 g/mol. The van der Waals surface area contributed by atoms with E-state index < -0.39 is 6.04 Å². The molecule has 1 N–H and O–H groups in total. The van der Waals surface area contributed by atoms with E-state index in [1.165, 1.54) is 16.2 Å². The summed E-state index contributed by atoms with van der Waals surface area (Å²) in [6.45, 7) is 1.82. The van der Waals surface area contributed by atoms with Gasteiger partial charge in [0.05, 0.1) is 5.56 Å². The van der Waals surface area contributed by atoms with Gasteiger partial charge in [0, 0.05) is 39.1 Å². The van der Waals surface area contributed by atoms with E-state index in [0.29, 0.717) is 18.7 Å². The van der Waals surface area contributed by atoms with Crippen molar-refractivity contribution >= 4 is 23.2 Å². The van der Waals surface area contributed by atoms with Crippen molar-refractivity contribution < 1.29 is 9.59 Å². The number of nitrogens with one attached hydrogen (secondary N) is 1. The molecule has 6 heteroatoms. The summed E-state index contributed by atoms with van der Waals surface area (Å²) in [5, 5.41) is 6.86. The molecular weight excluding hydrogens is 250 g/mol. The number of piperazine rings is 1. The van der Waals surface area contributed by atoms with E-state index in [0.717, 1.165) is 6.54 Å². The molecule has 2 amide bonds. The summed E-state index contributed by atoms with van der Waals surface area (Å²) < 4.78 is 0. The molecule has 2 rings (SSSR count). The SMILES string of the molecule is CN(C)C(=O)C1CNCCN1C(=O)c1ccsc1. The second kappa shape index (κ2) is 5.49. The molecule has 1 aliphatic rings. The van der Waals surface area contributed by atoms with Crippen LogP contribution in [-0.4, -0.2) is 61.4 Å². The molecule has 1 aromatic heterocycles. The normalized spacial score (nSPS) is 19.7. The van der Waals surface area contributed by atoms with Crippen molar-refractivity contribution in [2.45, 2.75) is 6.04 Å². The number of likely N-dealkylation sites (N-methyl/N-ethyl adjacent to an activating group) is 1. The van der Waals surface area contributed by atoms with Crippen LogP contribution in [0.25, 0.3) is 0 Å². The van der Waals surface area contributed by atoms with Crippen LogP contribution in [0.3, 0.4) is 0 Å². The Morgan fingerprint density at radius 3 is 2.89 bits per heavy atom. The molecule has 1 unspecified atom stereocenters. The fourth-order valence-corrected chi connectivity index (χ4v) is 2.65. The first-order chi connectivity index (χ1) is 8.61. The molecule has 18 heavy (non-hydrogen) atoms. The van der Waals surface area contributed by atoms with Crippen molar-refractivity contribution in [3.05, 3.63) is 22.4 Å². The van der Waals surface area contributed by atoms with E-state index >= 15 is 0 Å². The second-order valence-electron chi connectivity index (χ2n) is 4.46. The van der Waals surface area contributed by atoms with Crippen LogP contribution in [0.4, 0.5) is 0 Å². The van der Waals surface area contributed by atoms with E-state index in [1.807, 2.05) is 10.8 Å². The molecule has 0 spiro atoms. The zero-order valence-corrected chi connectivity index (χ0v) is 11.4. The lowest BCUT2D eigenvalue weighted by molar-refractivity contribution is -0.134. The Morgan fingerprint density at radius 2 is 2.28 bits per heavy atom. The fraction of sp³-hybridized carbons (Fsp3) is 0.500.